The SMILES string of the molecule is O=C(O)N1CCN2c3c4c(nc5ccncc35)OCCN4C(=C3CC=CO3)C2C1. The van der Waals surface area contributed by atoms with Crippen molar-refractivity contribution in [3.05, 3.63) is 42.3 Å². The number of rotatable bonds is 0. The van der Waals surface area contributed by atoms with E-state index >= 15 is 0 Å². The summed E-state index contributed by atoms with van der Waals surface area (Å²) >= 11 is 0. The molecule has 1 unspecified atom stereocenters. The molecule has 1 saturated heterocycles. The Morgan fingerprint density at radius 2 is 2.17 bits per heavy atom. The summed E-state index contributed by atoms with van der Waals surface area (Å²) in [6, 6.07) is 1.74. The molecule has 6 rings (SSSR count). The van der Waals surface area contributed by atoms with E-state index in [1.54, 1.807) is 12.5 Å². The molecule has 0 saturated carbocycles. The number of nitrogens with zero attached hydrogens (tertiary/aromatic N) is 5. The number of carboxylic acid groups (broad SMARTS) is 1. The van der Waals surface area contributed by atoms with Crippen LogP contribution in [0.2, 0.25) is 0 Å². The molecule has 0 bridgehead atoms. The van der Waals surface area contributed by atoms with Gasteiger partial charge in [-0.25, -0.2) is 9.78 Å². The van der Waals surface area contributed by atoms with Crippen LogP contribution in [0.5, 0.6) is 5.88 Å². The molecule has 4 aliphatic rings. The van der Waals surface area contributed by atoms with E-state index in [-0.39, 0.29) is 6.04 Å². The number of hydrogen-bond donors (Lipinski definition) is 1. The molecule has 1 fully saturated rings. The molecule has 4 aliphatic heterocycles. The molecule has 0 radical (unpaired) electrons. The molecule has 1 amide bonds. The summed E-state index contributed by atoms with van der Waals surface area (Å²) in [6.45, 7) is 2.57. The number of ether oxygens (including phenoxy) is 2. The van der Waals surface area contributed by atoms with E-state index in [4.69, 9.17) is 14.5 Å². The first-order valence-electron chi connectivity index (χ1n) is 9.69. The summed E-state index contributed by atoms with van der Waals surface area (Å²) in [6.07, 6.45) is 7.03. The van der Waals surface area contributed by atoms with Gasteiger partial charge >= 0.3 is 6.09 Å². The Balaban J connectivity index is 1.62. The van der Waals surface area contributed by atoms with E-state index in [2.05, 4.69) is 14.8 Å². The zero-order chi connectivity index (χ0) is 19.5. The molecule has 2 aromatic rings. The fourth-order valence-electron chi connectivity index (χ4n) is 4.75. The van der Waals surface area contributed by atoms with Crippen molar-refractivity contribution in [2.45, 2.75) is 12.5 Å². The second kappa shape index (κ2) is 6.00. The van der Waals surface area contributed by atoms with Crippen LogP contribution >= 0.6 is 0 Å². The average Bonchev–Trinajstić information content (AvgIpc) is 3.27. The lowest BCUT2D eigenvalue weighted by molar-refractivity contribution is 0.136. The fourth-order valence-corrected chi connectivity index (χ4v) is 4.75. The lowest BCUT2D eigenvalue weighted by atomic mass is 9.96. The third kappa shape index (κ3) is 2.30. The fraction of sp³-hybridized carbons (Fsp3) is 0.350. The molecule has 148 valence electrons. The van der Waals surface area contributed by atoms with Crippen molar-refractivity contribution in [2.75, 3.05) is 42.6 Å². The van der Waals surface area contributed by atoms with Crippen LogP contribution < -0.4 is 14.5 Å². The van der Waals surface area contributed by atoms with Crippen LogP contribution in [0.1, 0.15) is 6.42 Å². The first kappa shape index (κ1) is 16.5. The minimum absolute atomic E-state index is 0.140. The molecule has 1 atom stereocenters. The number of hydrogen-bond acceptors (Lipinski definition) is 7. The number of piperazine rings is 1. The van der Waals surface area contributed by atoms with E-state index in [1.807, 2.05) is 18.3 Å². The third-order valence-electron chi connectivity index (χ3n) is 5.97. The molecular formula is C20H19N5O4. The number of pyridine rings is 2. The largest absolute Gasteiger partial charge is 0.474 e. The summed E-state index contributed by atoms with van der Waals surface area (Å²) < 4.78 is 11.8. The summed E-state index contributed by atoms with van der Waals surface area (Å²) in [7, 11) is 0. The first-order chi connectivity index (χ1) is 14.2. The molecule has 29 heavy (non-hydrogen) atoms. The van der Waals surface area contributed by atoms with Gasteiger partial charge in [0.15, 0.2) is 0 Å². The van der Waals surface area contributed by atoms with Gasteiger partial charge in [0.1, 0.15) is 18.1 Å². The predicted octanol–water partition coefficient (Wildman–Crippen LogP) is 2.16. The summed E-state index contributed by atoms with van der Waals surface area (Å²) in [5.41, 5.74) is 3.77. The Morgan fingerprint density at radius 1 is 1.24 bits per heavy atom. The van der Waals surface area contributed by atoms with Gasteiger partial charge in [0, 0.05) is 37.3 Å². The van der Waals surface area contributed by atoms with E-state index < -0.39 is 6.09 Å². The Morgan fingerprint density at radius 3 is 3.00 bits per heavy atom. The molecule has 0 aliphatic carbocycles. The second-order valence-electron chi connectivity index (χ2n) is 7.45. The second-order valence-corrected chi connectivity index (χ2v) is 7.45. The van der Waals surface area contributed by atoms with Gasteiger partial charge in [-0.15, -0.1) is 0 Å². The highest BCUT2D eigenvalue weighted by molar-refractivity contribution is 6.02. The van der Waals surface area contributed by atoms with Crippen molar-refractivity contribution >= 4 is 28.4 Å². The smallest absolute Gasteiger partial charge is 0.407 e. The van der Waals surface area contributed by atoms with E-state index in [1.165, 1.54) is 4.90 Å². The maximum absolute atomic E-state index is 11.7. The maximum Gasteiger partial charge on any atom is 0.407 e. The number of amides is 1. The lowest BCUT2D eigenvalue weighted by Crippen LogP contribution is -2.60. The summed E-state index contributed by atoms with van der Waals surface area (Å²) in [5.74, 6) is 1.46. The van der Waals surface area contributed by atoms with Gasteiger partial charge in [-0.2, -0.15) is 0 Å². The molecule has 1 N–H and O–H groups in total. The van der Waals surface area contributed by atoms with E-state index in [0.717, 1.165) is 33.7 Å². The van der Waals surface area contributed by atoms with Crippen molar-refractivity contribution in [3.63, 3.8) is 0 Å². The average molecular weight is 393 g/mol. The van der Waals surface area contributed by atoms with Gasteiger partial charge in [0.25, 0.3) is 0 Å². The van der Waals surface area contributed by atoms with Crippen molar-refractivity contribution < 1.29 is 19.4 Å². The molecule has 9 nitrogen and oxygen atoms in total. The molecule has 9 heteroatoms. The van der Waals surface area contributed by atoms with Crippen molar-refractivity contribution in [3.8, 4) is 5.88 Å². The monoisotopic (exact) mass is 393 g/mol. The van der Waals surface area contributed by atoms with Crippen LogP contribution in [-0.4, -0.2) is 64.9 Å². The Hall–Kier alpha value is -3.49. The van der Waals surface area contributed by atoms with Gasteiger partial charge in [-0.05, 0) is 12.1 Å². The van der Waals surface area contributed by atoms with Gasteiger partial charge in [0.05, 0.1) is 42.3 Å². The number of anilines is 2. The maximum atomic E-state index is 11.7. The van der Waals surface area contributed by atoms with Crippen molar-refractivity contribution in [1.29, 1.82) is 0 Å². The minimum atomic E-state index is -0.894. The quantitative estimate of drug-likeness (QED) is 0.728. The normalized spacial score (nSPS) is 24.8. The zero-order valence-corrected chi connectivity index (χ0v) is 15.6. The van der Waals surface area contributed by atoms with E-state index in [0.29, 0.717) is 45.1 Å². The van der Waals surface area contributed by atoms with Crippen LogP contribution in [-0.2, 0) is 4.74 Å². The van der Waals surface area contributed by atoms with Crippen LogP contribution in [0.15, 0.2) is 42.3 Å². The molecule has 0 aromatic carbocycles. The molecular weight excluding hydrogens is 374 g/mol. The Labute approximate surface area is 166 Å². The molecule has 2 aromatic heterocycles. The topological polar surface area (TPSA) is 91.3 Å². The van der Waals surface area contributed by atoms with Crippen molar-refractivity contribution in [2.24, 2.45) is 0 Å². The van der Waals surface area contributed by atoms with Gasteiger partial charge in [0.2, 0.25) is 5.88 Å². The lowest BCUT2D eigenvalue weighted by Gasteiger charge is -2.51. The summed E-state index contributed by atoms with van der Waals surface area (Å²) in [5, 5.41) is 10.6. The van der Waals surface area contributed by atoms with Crippen LogP contribution in [0.25, 0.3) is 10.9 Å². The predicted molar refractivity (Wildman–Crippen MR) is 105 cm³/mol. The standard InChI is InChI=1S/C20H19N5O4/c26-20(27)23-5-6-24-14(11-23)17(15-2-1-8-28-15)25-7-9-29-19-18(25)16(24)12-10-21-4-3-13(12)22-19/h1,3-4,8,10,14H,2,5-7,9,11H2,(H,26,27). The van der Waals surface area contributed by atoms with Crippen LogP contribution in [0.3, 0.4) is 0 Å². The molecule has 0 spiro atoms. The van der Waals surface area contributed by atoms with E-state index in [9.17, 15) is 9.90 Å². The number of carbonyl (C=O) groups is 1. The highest BCUT2D eigenvalue weighted by Crippen LogP contribution is 2.51. The Bertz CT molecular complexity index is 1090. The first-order valence-corrected chi connectivity index (χ1v) is 9.69. The third-order valence-corrected chi connectivity index (χ3v) is 5.97. The van der Waals surface area contributed by atoms with Crippen LogP contribution in [0.4, 0.5) is 16.2 Å². The zero-order valence-electron chi connectivity index (χ0n) is 15.6. The highest BCUT2D eigenvalue weighted by Gasteiger charge is 2.45. The molecule has 6 heterocycles. The van der Waals surface area contributed by atoms with Gasteiger partial charge < -0.3 is 29.3 Å². The van der Waals surface area contributed by atoms with Gasteiger partial charge in [-0.1, -0.05) is 0 Å². The van der Waals surface area contributed by atoms with Crippen LogP contribution in [0, 0.1) is 0 Å². The number of fused-ring (bicyclic) bond motifs is 4. The van der Waals surface area contributed by atoms with Crippen molar-refractivity contribution in [1.82, 2.24) is 14.9 Å². The Kier molecular flexibility index (Phi) is 3.41. The highest BCUT2D eigenvalue weighted by atomic mass is 16.5. The minimum Gasteiger partial charge on any atom is -0.474 e. The van der Waals surface area contributed by atoms with Gasteiger partial charge in [-0.3, -0.25) is 4.98 Å². The summed E-state index contributed by atoms with van der Waals surface area (Å²) in [4.78, 5) is 26.8. The number of aromatic nitrogens is 2. The number of allylic oxidation sites excluding steroid dienone is 1.